The van der Waals surface area contributed by atoms with Crippen molar-refractivity contribution < 1.29 is 9.88 Å². The first kappa shape index (κ1) is 13.7. The van der Waals surface area contributed by atoms with Crippen molar-refractivity contribution in [1.29, 1.82) is 5.26 Å². The highest BCUT2D eigenvalue weighted by atomic mass is 17.3. The van der Waals surface area contributed by atoms with E-state index in [1.165, 1.54) is 0 Å². The Labute approximate surface area is 118 Å². The molecule has 1 aliphatic rings. The zero-order chi connectivity index (χ0) is 14.0. The number of nitriles is 1. The summed E-state index contributed by atoms with van der Waals surface area (Å²) in [6.45, 7) is 0.308. The highest BCUT2D eigenvalue weighted by molar-refractivity contribution is 5.58. The van der Waals surface area contributed by atoms with Crippen molar-refractivity contribution in [2.45, 2.75) is 0 Å². The fourth-order valence-corrected chi connectivity index (χ4v) is 1.52. The van der Waals surface area contributed by atoms with Gasteiger partial charge in [0.15, 0.2) is 5.75 Å². The molecule has 1 aliphatic heterocycles. The molecule has 0 atom stereocenters. The summed E-state index contributed by atoms with van der Waals surface area (Å²) in [7, 11) is 0. The third-order valence-corrected chi connectivity index (χ3v) is 2.49. The normalized spacial score (nSPS) is 15.1. The Balaban J connectivity index is 2.24. The summed E-state index contributed by atoms with van der Waals surface area (Å²) in [5.41, 5.74) is 0.867. The Bertz CT molecular complexity index is 595. The smallest absolute Gasteiger partial charge is 0.209 e. The first-order chi connectivity index (χ1) is 9.90. The van der Waals surface area contributed by atoms with Crippen LogP contribution >= 0.6 is 0 Å². The summed E-state index contributed by atoms with van der Waals surface area (Å²) in [4.78, 5) is 10.2. The van der Waals surface area contributed by atoms with Gasteiger partial charge in [-0.1, -0.05) is 66.8 Å². The summed E-state index contributed by atoms with van der Waals surface area (Å²) in [5.74, 6) is 0.550. The molecule has 1 aromatic rings. The molecule has 20 heavy (non-hydrogen) atoms. The minimum atomic E-state index is 0.308. The van der Waals surface area contributed by atoms with Gasteiger partial charge in [0.1, 0.15) is 0 Å². The number of rotatable bonds is 0. The van der Waals surface area contributed by atoms with Gasteiger partial charge >= 0.3 is 0 Å². The quantitative estimate of drug-likeness (QED) is 0.533. The molecule has 0 aromatic heterocycles. The molecule has 100 valence electrons. The summed E-state index contributed by atoms with van der Waals surface area (Å²) in [6.07, 6.45) is 17.0. The maximum Gasteiger partial charge on any atom is 0.209 e. The maximum atomic E-state index is 8.94. The van der Waals surface area contributed by atoms with Crippen molar-refractivity contribution in [3.63, 3.8) is 0 Å². The lowest BCUT2D eigenvalue weighted by Crippen LogP contribution is -2.20. The van der Waals surface area contributed by atoms with Crippen LogP contribution < -0.4 is 4.89 Å². The highest BCUT2D eigenvalue weighted by Gasteiger charge is 2.05. The molecule has 0 saturated heterocycles. The van der Waals surface area contributed by atoms with Crippen LogP contribution in [0.2, 0.25) is 0 Å². The fourth-order valence-electron chi connectivity index (χ4n) is 1.52. The van der Waals surface area contributed by atoms with Crippen LogP contribution in [0.5, 0.6) is 5.75 Å². The molecule has 0 amide bonds. The minimum Gasteiger partial charge on any atom is -0.313 e. The molecule has 0 saturated carbocycles. The fraction of sp³-hybridized carbons (Fsp3) is 0.0625. The van der Waals surface area contributed by atoms with Gasteiger partial charge < -0.3 is 4.89 Å². The number of hydroxylamine groups is 2. The van der Waals surface area contributed by atoms with Crippen molar-refractivity contribution in [2.24, 2.45) is 0 Å². The summed E-state index contributed by atoms with van der Waals surface area (Å²) in [6, 6.07) is 7.43. The van der Waals surface area contributed by atoms with Crippen molar-refractivity contribution in [1.82, 2.24) is 5.06 Å². The van der Waals surface area contributed by atoms with Crippen LogP contribution in [0, 0.1) is 11.5 Å². The zero-order valence-corrected chi connectivity index (χ0v) is 10.8. The predicted octanol–water partition coefficient (Wildman–Crippen LogP) is 3.39. The van der Waals surface area contributed by atoms with Gasteiger partial charge in [-0.2, -0.15) is 5.26 Å². The van der Waals surface area contributed by atoms with Crippen LogP contribution in [0.3, 0.4) is 0 Å². The van der Waals surface area contributed by atoms with Gasteiger partial charge in [0, 0.05) is 5.56 Å². The van der Waals surface area contributed by atoms with Gasteiger partial charge in [-0.3, -0.25) is 0 Å². The van der Waals surface area contributed by atoms with Crippen LogP contribution in [0.25, 0.3) is 6.08 Å². The summed E-state index contributed by atoms with van der Waals surface area (Å²) in [5, 5.41) is 9.99. The second-order valence-corrected chi connectivity index (χ2v) is 3.91. The first-order valence-electron chi connectivity index (χ1n) is 6.17. The van der Waals surface area contributed by atoms with Crippen LogP contribution in [0.15, 0.2) is 66.8 Å². The average Bonchev–Trinajstić information content (AvgIpc) is 2.49. The lowest BCUT2D eigenvalue weighted by Gasteiger charge is -2.12. The lowest BCUT2D eigenvalue weighted by atomic mass is 10.2. The zero-order valence-electron chi connectivity index (χ0n) is 10.8. The third-order valence-electron chi connectivity index (χ3n) is 2.49. The van der Waals surface area contributed by atoms with Crippen molar-refractivity contribution >= 4 is 6.08 Å². The molecule has 0 N–H and O–H groups in total. The SMILES string of the molecule is N#CN1CC=CC=CC=CC=Cc2ccccc2OO1. The molecule has 0 bridgehead atoms. The van der Waals surface area contributed by atoms with Gasteiger partial charge in [-0.05, 0) is 11.1 Å². The number of hydrogen-bond donors (Lipinski definition) is 0. The molecule has 0 unspecified atom stereocenters. The van der Waals surface area contributed by atoms with Crippen molar-refractivity contribution in [2.75, 3.05) is 6.54 Å². The number of nitrogens with zero attached hydrogens (tertiary/aromatic N) is 2. The number of benzene rings is 1. The summed E-state index contributed by atoms with van der Waals surface area (Å²) < 4.78 is 0. The number of para-hydroxylation sites is 1. The average molecular weight is 266 g/mol. The molecule has 4 nitrogen and oxygen atoms in total. The Morgan fingerprint density at radius 3 is 2.60 bits per heavy atom. The predicted molar refractivity (Wildman–Crippen MR) is 76.9 cm³/mol. The van der Waals surface area contributed by atoms with E-state index in [1.807, 2.05) is 66.9 Å². The van der Waals surface area contributed by atoms with E-state index in [-0.39, 0.29) is 0 Å². The minimum absolute atomic E-state index is 0.308. The van der Waals surface area contributed by atoms with E-state index < -0.39 is 0 Å². The molecular weight excluding hydrogens is 252 g/mol. The molecule has 1 aromatic carbocycles. The molecular formula is C16H14N2O2. The third kappa shape index (κ3) is 4.16. The topological polar surface area (TPSA) is 45.5 Å². The molecule has 0 aliphatic carbocycles. The van der Waals surface area contributed by atoms with E-state index in [0.717, 1.165) is 10.6 Å². The van der Waals surface area contributed by atoms with Crippen LogP contribution in [-0.4, -0.2) is 11.6 Å². The Morgan fingerprint density at radius 2 is 1.75 bits per heavy atom. The van der Waals surface area contributed by atoms with E-state index in [0.29, 0.717) is 12.3 Å². The Morgan fingerprint density at radius 1 is 1.00 bits per heavy atom. The van der Waals surface area contributed by atoms with E-state index in [4.69, 9.17) is 15.1 Å². The standard InChI is InChI=1S/C16H14N2O2/c17-14-18-13-9-5-3-1-2-4-6-10-15-11-7-8-12-16(15)19-20-18/h1-12H,13H2. The molecule has 0 spiro atoms. The maximum absolute atomic E-state index is 8.94. The van der Waals surface area contributed by atoms with Gasteiger partial charge in [-0.25, -0.2) is 0 Å². The number of allylic oxidation sites excluding steroid dienone is 6. The second-order valence-electron chi connectivity index (χ2n) is 3.91. The number of fused-ring (bicyclic) bond motifs is 1. The van der Waals surface area contributed by atoms with E-state index in [1.54, 1.807) is 12.1 Å². The van der Waals surface area contributed by atoms with E-state index >= 15 is 0 Å². The molecule has 2 rings (SSSR count). The first-order valence-corrected chi connectivity index (χ1v) is 6.17. The molecule has 0 fully saturated rings. The monoisotopic (exact) mass is 266 g/mol. The Hall–Kier alpha value is -2.77. The van der Waals surface area contributed by atoms with Gasteiger partial charge in [0.25, 0.3) is 0 Å². The summed E-state index contributed by atoms with van der Waals surface area (Å²) >= 11 is 0. The van der Waals surface area contributed by atoms with Crippen LogP contribution in [0.4, 0.5) is 0 Å². The van der Waals surface area contributed by atoms with E-state index in [9.17, 15) is 0 Å². The van der Waals surface area contributed by atoms with Gasteiger partial charge in [0.05, 0.1) is 6.54 Å². The second kappa shape index (κ2) is 7.62. The van der Waals surface area contributed by atoms with Crippen LogP contribution in [0.1, 0.15) is 5.56 Å². The molecule has 1 heterocycles. The van der Waals surface area contributed by atoms with Gasteiger partial charge in [-0.15, -0.1) is 5.06 Å². The largest absolute Gasteiger partial charge is 0.313 e. The Kier molecular flexibility index (Phi) is 5.20. The van der Waals surface area contributed by atoms with Crippen molar-refractivity contribution in [3.05, 3.63) is 72.4 Å². The van der Waals surface area contributed by atoms with Crippen molar-refractivity contribution in [3.8, 4) is 11.9 Å². The molecule has 4 heteroatoms. The van der Waals surface area contributed by atoms with Gasteiger partial charge in [0.2, 0.25) is 6.19 Å². The van der Waals surface area contributed by atoms with E-state index in [2.05, 4.69) is 0 Å². The van der Waals surface area contributed by atoms with Crippen LogP contribution in [-0.2, 0) is 4.99 Å². The highest BCUT2D eigenvalue weighted by Crippen LogP contribution is 2.20. The molecule has 0 radical (unpaired) electrons. The number of hydrogen-bond acceptors (Lipinski definition) is 4. The lowest BCUT2D eigenvalue weighted by molar-refractivity contribution is -0.340.